The molecule has 0 aliphatic heterocycles. The molecule has 1 aromatic carbocycles. The molecule has 0 aromatic heterocycles. The van der Waals surface area contributed by atoms with Gasteiger partial charge in [0.05, 0.1) is 25.2 Å². The predicted octanol–water partition coefficient (Wildman–Crippen LogP) is 3.24. The number of nitriles is 1. The molecule has 3 heteroatoms. The molecule has 0 heterocycles. The molecular weight excluding hydrogens is 226 g/mol. The Kier molecular flexibility index (Phi) is 6.24. The van der Waals surface area contributed by atoms with Crippen LogP contribution in [-0.2, 0) is 0 Å². The molecule has 98 valence electrons. The minimum Gasteiger partial charge on any atom is -0.497 e. The monoisotopic (exact) mass is 247 g/mol. The Morgan fingerprint density at radius 2 is 2.00 bits per heavy atom. The van der Waals surface area contributed by atoms with Crippen LogP contribution in [-0.4, -0.2) is 18.3 Å². The third-order valence-corrected chi connectivity index (χ3v) is 3.07. The molecule has 0 amide bonds. The van der Waals surface area contributed by atoms with E-state index in [9.17, 15) is 10.4 Å². The molecule has 1 N–H and O–H groups in total. The van der Waals surface area contributed by atoms with E-state index in [0.717, 1.165) is 30.6 Å². The lowest BCUT2D eigenvalue weighted by Crippen LogP contribution is -2.11. The molecule has 0 radical (unpaired) electrons. The maximum absolute atomic E-state index is 9.87. The van der Waals surface area contributed by atoms with E-state index < -0.39 is 6.10 Å². The normalized spacial score (nSPS) is 13.7. The summed E-state index contributed by atoms with van der Waals surface area (Å²) in [5.74, 6) is 0.532. The summed E-state index contributed by atoms with van der Waals surface area (Å²) in [7, 11) is 1.62. The highest BCUT2D eigenvalue weighted by Crippen LogP contribution is 2.24. The molecule has 0 unspecified atom stereocenters. The number of methoxy groups -OCH3 is 1. The van der Waals surface area contributed by atoms with Gasteiger partial charge in [0.15, 0.2) is 0 Å². The van der Waals surface area contributed by atoms with E-state index in [4.69, 9.17) is 4.74 Å². The second-order valence-corrected chi connectivity index (χ2v) is 4.49. The maximum atomic E-state index is 9.87. The first-order chi connectivity index (χ1) is 8.71. The van der Waals surface area contributed by atoms with Crippen molar-refractivity contribution in [2.45, 2.75) is 44.6 Å². The summed E-state index contributed by atoms with van der Waals surface area (Å²) in [6.07, 6.45) is 2.95. The molecule has 0 bridgehead atoms. The van der Waals surface area contributed by atoms with Crippen molar-refractivity contribution in [2.75, 3.05) is 7.11 Å². The molecule has 0 saturated heterocycles. The van der Waals surface area contributed by atoms with Crippen molar-refractivity contribution in [1.29, 1.82) is 5.26 Å². The highest BCUT2D eigenvalue weighted by molar-refractivity contribution is 5.32. The molecule has 1 aromatic rings. The van der Waals surface area contributed by atoms with Crippen molar-refractivity contribution in [2.24, 2.45) is 0 Å². The summed E-state index contributed by atoms with van der Waals surface area (Å²) in [6, 6.07) is 9.73. The molecule has 0 spiro atoms. The number of hydrogen-bond acceptors (Lipinski definition) is 3. The van der Waals surface area contributed by atoms with Gasteiger partial charge in [-0.2, -0.15) is 5.26 Å². The number of ether oxygens (including phenoxy) is 1. The highest BCUT2D eigenvalue weighted by Gasteiger charge is 2.15. The number of aliphatic hydroxyl groups is 1. The Morgan fingerprint density at radius 3 is 2.50 bits per heavy atom. The first-order valence-corrected chi connectivity index (χ1v) is 6.42. The Morgan fingerprint density at radius 1 is 1.33 bits per heavy atom. The van der Waals surface area contributed by atoms with Crippen LogP contribution in [0.3, 0.4) is 0 Å². The molecule has 0 aliphatic carbocycles. The molecule has 18 heavy (non-hydrogen) atoms. The summed E-state index contributed by atoms with van der Waals surface area (Å²) in [5.41, 5.74) is 0.939. The summed E-state index contributed by atoms with van der Waals surface area (Å²) >= 11 is 0. The quantitative estimate of drug-likeness (QED) is 0.804. The Hall–Kier alpha value is -1.53. The smallest absolute Gasteiger partial charge is 0.118 e. The van der Waals surface area contributed by atoms with E-state index in [1.165, 1.54) is 0 Å². The average molecular weight is 247 g/mol. The number of benzene rings is 1. The lowest BCUT2D eigenvalue weighted by atomic mass is 9.93. The van der Waals surface area contributed by atoms with Crippen molar-refractivity contribution < 1.29 is 9.84 Å². The van der Waals surface area contributed by atoms with E-state index in [-0.39, 0.29) is 5.92 Å². The summed E-state index contributed by atoms with van der Waals surface area (Å²) in [6.45, 7) is 2.10. The van der Waals surface area contributed by atoms with Crippen molar-refractivity contribution in [3.8, 4) is 11.8 Å². The molecule has 0 saturated carbocycles. The van der Waals surface area contributed by atoms with Crippen molar-refractivity contribution in [3.63, 3.8) is 0 Å². The third-order valence-electron chi connectivity index (χ3n) is 3.07. The van der Waals surface area contributed by atoms with Crippen molar-refractivity contribution in [1.82, 2.24) is 0 Å². The molecule has 3 nitrogen and oxygen atoms in total. The molecule has 0 fully saturated rings. The van der Waals surface area contributed by atoms with Crippen molar-refractivity contribution >= 4 is 0 Å². The number of aliphatic hydroxyl groups excluding tert-OH is 1. The Labute approximate surface area is 109 Å². The van der Waals surface area contributed by atoms with Gasteiger partial charge in [-0.25, -0.2) is 0 Å². The fraction of sp³-hybridized carbons (Fsp3) is 0.533. The molecular formula is C15H21NO2. The zero-order valence-electron chi connectivity index (χ0n) is 11.1. The van der Waals surface area contributed by atoms with Gasteiger partial charge in [0.2, 0.25) is 0 Å². The summed E-state index contributed by atoms with van der Waals surface area (Å²) < 4.78 is 5.08. The minimum absolute atomic E-state index is 0.247. The highest BCUT2D eigenvalue weighted by atomic mass is 16.5. The van der Waals surface area contributed by atoms with Gasteiger partial charge in [-0.05, 0) is 30.5 Å². The van der Waals surface area contributed by atoms with Crippen LogP contribution in [0.5, 0.6) is 5.75 Å². The lowest BCUT2D eigenvalue weighted by molar-refractivity contribution is 0.148. The maximum Gasteiger partial charge on any atom is 0.118 e. The predicted molar refractivity (Wildman–Crippen MR) is 71.5 cm³/mol. The minimum atomic E-state index is -0.392. The topological polar surface area (TPSA) is 53.2 Å². The van der Waals surface area contributed by atoms with E-state index in [2.05, 4.69) is 13.0 Å². The van der Waals surface area contributed by atoms with Crippen LogP contribution in [0.4, 0.5) is 0 Å². The third kappa shape index (κ3) is 4.38. The van der Waals surface area contributed by atoms with Crippen LogP contribution in [0.2, 0.25) is 0 Å². The molecule has 1 rings (SSSR count). The van der Waals surface area contributed by atoms with E-state index in [0.29, 0.717) is 6.42 Å². The van der Waals surface area contributed by atoms with Gasteiger partial charge < -0.3 is 9.84 Å². The summed E-state index contributed by atoms with van der Waals surface area (Å²) in [5, 5.41) is 19.1. The van der Waals surface area contributed by atoms with Gasteiger partial charge in [0.25, 0.3) is 0 Å². The number of nitrogens with zero attached hydrogens (tertiary/aromatic N) is 1. The van der Waals surface area contributed by atoms with Gasteiger partial charge in [-0.15, -0.1) is 0 Å². The second-order valence-electron chi connectivity index (χ2n) is 4.49. The SMILES string of the molecule is CCCC[C@H](O)C[C@@H](C#N)c1ccc(OC)cc1. The number of rotatable bonds is 7. The van der Waals surface area contributed by atoms with E-state index >= 15 is 0 Å². The van der Waals surface area contributed by atoms with Gasteiger partial charge >= 0.3 is 0 Å². The number of unbranched alkanes of at least 4 members (excludes halogenated alkanes) is 1. The second kappa shape index (κ2) is 7.73. The summed E-state index contributed by atoms with van der Waals surface area (Å²) in [4.78, 5) is 0. The van der Waals surface area contributed by atoms with Crippen LogP contribution in [0, 0.1) is 11.3 Å². The standard InChI is InChI=1S/C15H21NO2/c1-3-4-5-14(17)10-13(11-16)12-6-8-15(18-2)9-7-12/h6-9,13-14,17H,3-5,10H2,1-2H3/t13-,14-/m0/s1. The first kappa shape index (κ1) is 14.5. The molecule has 0 aliphatic rings. The van der Waals surface area contributed by atoms with E-state index in [1.807, 2.05) is 24.3 Å². The van der Waals surface area contributed by atoms with Gasteiger partial charge in [-0.1, -0.05) is 31.9 Å². The largest absolute Gasteiger partial charge is 0.497 e. The average Bonchev–Trinajstić information content (AvgIpc) is 2.42. The zero-order valence-corrected chi connectivity index (χ0v) is 11.1. The van der Waals surface area contributed by atoms with Crippen molar-refractivity contribution in [3.05, 3.63) is 29.8 Å². The van der Waals surface area contributed by atoms with Crippen LogP contribution < -0.4 is 4.74 Å². The van der Waals surface area contributed by atoms with Crippen LogP contribution in [0.25, 0.3) is 0 Å². The van der Waals surface area contributed by atoms with Gasteiger partial charge in [-0.3, -0.25) is 0 Å². The zero-order chi connectivity index (χ0) is 13.4. The van der Waals surface area contributed by atoms with Crippen LogP contribution in [0.1, 0.15) is 44.1 Å². The van der Waals surface area contributed by atoms with Crippen LogP contribution in [0.15, 0.2) is 24.3 Å². The fourth-order valence-electron chi connectivity index (χ4n) is 1.93. The van der Waals surface area contributed by atoms with Gasteiger partial charge in [0.1, 0.15) is 5.75 Å². The molecule has 2 atom stereocenters. The first-order valence-electron chi connectivity index (χ1n) is 6.42. The lowest BCUT2D eigenvalue weighted by Gasteiger charge is -2.15. The fourth-order valence-corrected chi connectivity index (χ4v) is 1.93. The number of hydrogen-bond donors (Lipinski definition) is 1. The Bertz CT molecular complexity index is 380. The van der Waals surface area contributed by atoms with E-state index in [1.54, 1.807) is 7.11 Å². The van der Waals surface area contributed by atoms with Crippen LogP contribution >= 0.6 is 0 Å². The Balaban J connectivity index is 2.62. The van der Waals surface area contributed by atoms with Gasteiger partial charge in [0, 0.05) is 0 Å².